The molecule has 160 valence electrons. The van der Waals surface area contributed by atoms with Gasteiger partial charge in [-0.05, 0) is 43.7 Å². The Labute approximate surface area is 176 Å². The Balaban J connectivity index is 1.77. The summed E-state index contributed by atoms with van der Waals surface area (Å²) >= 11 is 0. The monoisotopic (exact) mass is 410 g/mol. The number of urea groups is 1. The highest BCUT2D eigenvalue weighted by Crippen LogP contribution is 2.44. The summed E-state index contributed by atoms with van der Waals surface area (Å²) in [6, 6.07) is 6.80. The molecule has 2 unspecified atom stereocenters. The van der Waals surface area contributed by atoms with Crippen LogP contribution in [0.5, 0.6) is 0 Å². The van der Waals surface area contributed by atoms with Gasteiger partial charge in [0.1, 0.15) is 6.04 Å². The molecule has 2 aliphatic rings. The van der Waals surface area contributed by atoms with Gasteiger partial charge >= 0.3 is 6.03 Å². The highest BCUT2D eigenvalue weighted by molar-refractivity contribution is 6.11. The van der Waals surface area contributed by atoms with E-state index in [1.807, 2.05) is 45.0 Å². The van der Waals surface area contributed by atoms with Gasteiger partial charge in [0.15, 0.2) is 5.54 Å². The normalized spacial score (nSPS) is 21.9. The molecular formula is C23H30N4O3. The van der Waals surface area contributed by atoms with Crippen molar-refractivity contribution in [2.75, 3.05) is 13.1 Å². The van der Waals surface area contributed by atoms with E-state index in [0.717, 1.165) is 28.6 Å². The maximum absolute atomic E-state index is 13.8. The number of carbonyl (C=O) groups excluding carboxylic acids is 3. The van der Waals surface area contributed by atoms with Crippen LogP contribution in [0.2, 0.25) is 0 Å². The zero-order valence-electron chi connectivity index (χ0n) is 18.1. The first-order valence-corrected chi connectivity index (χ1v) is 10.8. The maximum atomic E-state index is 13.8. The molecule has 0 bridgehead atoms. The molecule has 3 heterocycles. The summed E-state index contributed by atoms with van der Waals surface area (Å²) in [5, 5.41) is 3.97. The largest absolute Gasteiger partial charge is 0.356 e. The van der Waals surface area contributed by atoms with Gasteiger partial charge in [-0.25, -0.2) is 9.69 Å². The van der Waals surface area contributed by atoms with E-state index in [2.05, 4.69) is 10.3 Å². The summed E-state index contributed by atoms with van der Waals surface area (Å²) in [5.41, 5.74) is 1.70. The minimum absolute atomic E-state index is 0.164. The van der Waals surface area contributed by atoms with Crippen LogP contribution in [0.25, 0.3) is 10.9 Å². The molecule has 2 aromatic rings. The molecule has 0 saturated carbocycles. The van der Waals surface area contributed by atoms with Gasteiger partial charge in [0.2, 0.25) is 5.91 Å². The number of hydrogen-bond donors (Lipinski definition) is 2. The van der Waals surface area contributed by atoms with Crippen molar-refractivity contribution in [3.05, 3.63) is 35.5 Å². The van der Waals surface area contributed by atoms with Crippen LogP contribution >= 0.6 is 0 Å². The first-order valence-electron chi connectivity index (χ1n) is 10.8. The van der Waals surface area contributed by atoms with Crippen molar-refractivity contribution in [1.82, 2.24) is 20.1 Å². The third-order valence-electron chi connectivity index (χ3n) is 6.36. The van der Waals surface area contributed by atoms with Crippen LogP contribution < -0.4 is 5.32 Å². The standard InChI is InChI=1S/C23H30N4O3/c1-5-11-24-20(28)18(13-14(2)3)27-21(29)23(4)19-16(10-12-26(23)22(27)30)15-8-6-7-9-17(15)25-19/h6-9,14,18,25H,5,10-13H2,1-4H3,(H,24,28). The number of rotatable bonds is 6. The molecule has 1 saturated heterocycles. The molecule has 7 heteroatoms. The third kappa shape index (κ3) is 2.90. The number of fused-ring (bicyclic) bond motifs is 5. The number of aromatic nitrogens is 1. The smallest absolute Gasteiger partial charge is 0.328 e. The minimum atomic E-state index is -1.12. The van der Waals surface area contributed by atoms with Crippen LogP contribution in [0.4, 0.5) is 4.79 Å². The number of imide groups is 1. The van der Waals surface area contributed by atoms with E-state index in [1.165, 1.54) is 4.90 Å². The summed E-state index contributed by atoms with van der Waals surface area (Å²) in [6.45, 7) is 8.75. The Hall–Kier alpha value is -2.83. The molecule has 0 aliphatic carbocycles. The van der Waals surface area contributed by atoms with Crippen LogP contribution in [-0.4, -0.2) is 51.8 Å². The van der Waals surface area contributed by atoms with Crippen molar-refractivity contribution in [3.63, 3.8) is 0 Å². The van der Waals surface area contributed by atoms with Gasteiger partial charge in [0, 0.05) is 24.0 Å². The van der Waals surface area contributed by atoms with Gasteiger partial charge in [0.25, 0.3) is 5.91 Å². The summed E-state index contributed by atoms with van der Waals surface area (Å²) in [6.07, 6.45) is 1.92. The minimum Gasteiger partial charge on any atom is -0.356 e. The highest BCUT2D eigenvalue weighted by Gasteiger charge is 2.60. The van der Waals surface area contributed by atoms with Gasteiger partial charge in [0.05, 0.1) is 5.69 Å². The zero-order chi connectivity index (χ0) is 21.6. The number of amides is 4. The number of nitrogens with zero attached hydrogens (tertiary/aromatic N) is 2. The van der Waals surface area contributed by atoms with E-state index >= 15 is 0 Å². The predicted octanol–water partition coefficient (Wildman–Crippen LogP) is 3.14. The number of aromatic amines is 1. The Bertz CT molecular complexity index is 1010. The molecule has 1 aromatic heterocycles. The lowest BCUT2D eigenvalue weighted by molar-refractivity contribution is -0.140. The second-order valence-electron chi connectivity index (χ2n) is 8.89. The number of benzene rings is 1. The first kappa shape index (κ1) is 20.4. The summed E-state index contributed by atoms with van der Waals surface area (Å²) in [7, 11) is 0. The summed E-state index contributed by atoms with van der Waals surface area (Å²) < 4.78 is 0. The van der Waals surface area contributed by atoms with E-state index in [-0.39, 0.29) is 23.8 Å². The Morgan fingerprint density at radius 1 is 1.27 bits per heavy atom. The van der Waals surface area contributed by atoms with Crippen LogP contribution in [0.1, 0.15) is 51.8 Å². The summed E-state index contributed by atoms with van der Waals surface area (Å²) in [4.78, 5) is 46.4. The molecule has 2 aliphatic heterocycles. The van der Waals surface area contributed by atoms with E-state index in [0.29, 0.717) is 25.9 Å². The van der Waals surface area contributed by atoms with Crippen molar-refractivity contribution >= 4 is 28.7 Å². The fourth-order valence-corrected chi connectivity index (χ4v) is 4.84. The van der Waals surface area contributed by atoms with E-state index < -0.39 is 11.6 Å². The second kappa shape index (κ2) is 7.45. The number of H-pyrrole nitrogens is 1. The number of hydrogen-bond acceptors (Lipinski definition) is 3. The predicted molar refractivity (Wildman–Crippen MR) is 115 cm³/mol. The summed E-state index contributed by atoms with van der Waals surface area (Å²) in [5.74, 6) is -0.415. The van der Waals surface area contributed by atoms with Crippen molar-refractivity contribution in [3.8, 4) is 0 Å². The Morgan fingerprint density at radius 2 is 2.00 bits per heavy atom. The van der Waals surface area contributed by atoms with Gasteiger partial charge in [-0.1, -0.05) is 39.0 Å². The fourth-order valence-electron chi connectivity index (χ4n) is 4.84. The van der Waals surface area contributed by atoms with Crippen molar-refractivity contribution < 1.29 is 14.4 Å². The first-order chi connectivity index (χ1) is 14.3. The van der Waals surface area contributed by atoms with Crippen molar-refractivity contribution in [2.24, 2.45) is 5.92 Å². The second-order valence-corrected chi connectivity index (χ2v) is 8.89. The third-order valence-corrected chi connectivity index (χ3v) is 6.36. The molecule has 4 amide bonds. The van der Waals surface area contributed by atoms with Crippen molar-refractivity contribution in [2.45, 2.75) is 58.5 Å². The zero-order valence-corrected chi connectivity index (χ0v) is 18.1. The van der Waals surface area contributed by atoms with E-state index in [1.54, 1.807) is 11.8 Å². The molecule has 7 nitrogen and oxygen atoms in total. The molecule has 0 radical (unpaired) electrons. The van der Waals surface area contributed by atoms with Crippen LogP contribution in [-0.2, 0) is 21.5 Å². The fraction of sp³-hybridized carbons (Fsp3) is 0.522. The molecule has 4 rings (SSSR count). The van der Waals surface area contributed by atoms with Gasteiger partial charge in [-0.15, -0.1) is 0 Å². The molecule has 0 spiro atoms. The molecule has 2 N–H and O–H groups in total. The molecular weight excluding hydrogens is 380 g/mol. The van der Waals surface area contributed by atoms with Crippen LogP contribution in [0, 0.1) is 5.92 Å². The molecule has 30 heavy (non-hydrogen) atoms. The lowest BCUT2D eigenvalue weighted by atomic mass is 9.87. The maximum Gasteiger partial charge on any atom is 0.328 e. The van der Waals surface area contributed by atoms with E-state index in [9.17, 15) is 14.4 Å². The average molecular weight is 411 g/mol. The lowest BCUT2D eigenvalue weighted by Gasteiger charge is -2.36. The number of para-hydroxylation sites is 1. The lowest BCUT2D eigenvalue weighted by Crippen LogP contribution is -2.51. The average Bonchev–Trinajstić information content (AvgIpc) is 3.19. The van der Waals surface area contributed by atoms with Crippen LogP contribution in [0.3, 0.4) is 0 Å². The van der Waals surface area contributed by atoms with E-state index in [4.69, 9.17) is 0 Å². The van der Waals surface area contributed by atoms with Crippen LogP contribution in [0.15, 0.2) is 24.3 Å². The van der Waals surface area contributed by atoms with Crippen molar-refractivity contribution in [1.29, 1.82) is 0 Å². The molecule has 1 fully saturated rings. The topological polar surface area (TPSA) is 85.5 Å². The van der Waals surface area contributed by atoms with Gasteiger partial charge in [-0.3, -0.25) is 9.59 Å². The Morgan fingerprint density at radius 3 is 2.70 bits per heavy atom. The Kier molecular flexibility index (Phi) is 5.08. The molecule has 1 aromatic carbocycles. The highest BCUT2D eigenvalue weighted by atomic mass is 16.2. The molecule has 2 atom stereocenters. The number of nitrogens with one attached hydrogen (secondary N) is 2. The number of carbonyl (C=O) groups is 3. The SMILES string of the molecule is CCCNC(=O)C(CC(C)C)N1C(=O)N2CCc3c([nH]c4ccccc34)C2(C)C1=O. The van der Waals surface area contributed by atoms with Gasteiger partial charge in [-0.2, -0.15) is 0 Å². The quantitative estimate of drug-likeness (QED) is 0.718. The van der Waals surface area contributed by atoms with Gasteiger partial charge < -0.3 is 15.2 Å².